The van der Waals surface area contributed by atoms with Crippen molar-refractivity contribution in [1.29, 1.82) is 0 Å². The van der Waals surface area contributed by atoms with Gasteiger partial charge in [-0.1, -0.05) is 11.6 Å². The van der Waals surface area contributed by atoms with Gasteiger partial charge in [0.15, 0.2) is 0 Å². The second-order valence-corrected chi connectivity index (χ2v) is 5.37. The highest BCUT2D eigenvalue weighted by Gasteiger charge is 2.26. The summed E-state index contributed by atoms with van der Waals surface area (Å²) >= 11 is 5.83. The van der Waals surface area contributed by atoms with Crippen LogP contribution in [0.3, 0.4) is 0 Å². The van der Waals surface area contributed by atoms with Crippen molar-refractivity contribution in [2.75, 3.05) is 18.4 Å². The first-order chi connectivity index (χ1) is 9.47. The molecular formula is C14H17ClN2O3. The van der Waals surface area contributed by atoms with Crippen LogP contribution >= 0.6 is 11.6 Å². The molecule has 6 heteroatoms. The van der Waals surface area contributed by atoms with Crippen LogP contribution in [0.2, 0.25) is 5.02 Å². The number of benzene rings is 1. The summed E-state index contributed by atoms with van der Waals surface area (Å²) in [4.78, 5) is 25.1. The number of carbonyl (C=O) groups excluding carboxylic acids is 2. The molecule has 2 amide bonds. The van der Waals surface area contributed by atoms with E-state index in [1.165, 1.54) is 19.1 Å². The SMILES string of the molecule is CC(=O)N1CCC(C(=O)Nc2cc(Cl)ccc2O)CC1. The zero-order valence-electron chi connectivity index (χ0n) is 11.2. The Balaban J connectivity index is 1.96. The number of amides is 2. The highest BCUT2D eigenvalue weighted by Crippen LogP contribution is 2.28. The van der Waals surface area contributed by atoms with Crippen molar-refractivity contribution in [3.63, 3.8) is 0 Å². The number of aromatic hydroxyl groups is 1. The first-order valence-electron chi connectivity index (χ1n) is 6.52. The maximum atomic E-state index is 12.1. The number of hydrogen-bond acceptors (Lipinski definition) is 3. The van der Waals surface area contributed by atoms with Crippen molar-refractivity contribution in [2.24, 2.45) is 5.92 Å². The molecule has 1 aliphatic heterocycles. The van der Waals surface area contributed by atoms with Crippen LogP contribution in [0.4, 0.5) is 5.69 Å². The number of anilines is 1. The van der Waals surface area contributed by atoms with E-state index in [1.54, 1.807) is 11.0 Å². The fourth-order valence-electron chi connectivity index (χ4n) is 2.30. The molecular weight excluding hydrogens is 280 g/mol. The summed E-state index contributed by atoms with van der Waals surface area (Å²) in [7, 11) is 0. The van der Waals surface area contributed by atoms with Gasteiger partial charge in [-0.05, 0) is 31.0 Å². The van der Waals surface area contributed by atoms with E-state index in [4.69, 9.17) is 11.6 Å². The molecule has 5 nitrogen and oxygen atoms in total. The van der Waals surface area contributed by atoms with E-state index in [9.17, 15) is 14.7 Å². The number of phenolic OH excluding ortho intramolecular Hbond substituents is 1. The third-order valence-corrected chi connectivity index (χ3v) is 3.76. The molecule has 0 aliphatic carbocycles. The Kier molecular flexibility index (Phi) is 4.49. The lowest BCUT2D eigenvalue weighted by Crippen LogP contribution is -2.40. The van der Waals surface area contributed by atoms with E-state index in [1.807, 2.05) is 0 Å². The quantitative estimate of drug-likeness (QED) is 0.822. The van der Waals surface area contributed by atoms with Gasteiger partial charge < -0.3 is 15.3 Å². The van der Waals surface area contributed by atoms with E-state index in [0.717, 1.165) is 0 Å². The number of phenols is 1. The first-order valence-corrected chi connectivity index (χ1v) is 6.90. The molecule has 0 saturated carbocycles. The number of nitrogens with one attached hydrogen (secondary N) is 1. The Hall–Kier alpha value is -1.75. The lowest BCUT2D eigenvalue weighted by Gasteiger charge is -2.30. The van der Waals surface area contributed by atoms with Crippen LogP contribution < -0.4 is 5.32 Å². The summed E-state index contributed by atoms with van der Waals surface area (Å²) < 4.78 is 0. The van der Waals surface area contributed by atoms with Crippen LogP contribution in [0.1, 0.15) is 19.8 Å². The number of piperidine rings is 1. The highest BCUT2D eigenvalue weighted by molar-refractivity contribution is 6.31. The van der Waals surface area contributed by atoms with E-state index >= 15 is 0 Å². The molecule has 1 saturated heterocycles. The summed E-state index contributed by atoms with van der Waals surface area (Å²) in [6.07, 6.45) is 1.26. The molecule has 2 rings (SSSR count). The second kappa shape index (κ2) is 6.13. The molecule has 0 bridgehead atoms. The maximum absolute atomic E-state index is 12.1. The smallest absolute Gasteiger partial charge is 0.227 e. The monoisotopic (exact) mass is 296 g/mol. The van der Waals surface area contributed by atoms with Gasteiger partial charge in [0.2, 0.25) is 11.8 Å². The van der Waals surface area contributed by atoms with Crippen LogP contribution in [-0.4, -0.2) is 34.9 Å². The van der Waals surface area contributed by atoms with Crippen LogP contribution in [0.25, 0.3) is 0 Å². The molecule has 0 atom stereocenters. The third-order valence-electron chi connectivity index (χ3n) is 3.53. The van der Waals surface area contributed by atoms with Gasteiger partial charge in [-0.25, -0.2) is 0 Å². The fourth-order valence-corrected chi connectivity index (χ4v) is 2.47. The van der Waals surface area contributed by atoms with Gasteiger partial charge in [0, 0.05) is 31.0 Å². The molecule has 0 radical (unpaired) electrons. The first kappa shape index (κ1) is 14.7. The van der Waals surface area contributed by atoms with Crippen molar-refractivity contribution in [1.82, 2.24) is 4.90 Å². The largest absolute Gasteiger partial charge is 0.506 e. The Bertz CT molecular complexity index is 525. The maximum Gasteiger partial charge on any atom is 0.227 e. The Morgan fingerprint density at radius 2 is 2.00 bits per heavy atom. The van der Waals surface area contributed by atoms with Crippen molar-refractivity contribution >= 4 is 29.1 Å². The lowest BCUT2D eigenvalue weighted by molar-refractivity contribution is -0.132. The van der Waals surface area contributed by atoms with Gasteiger partial charge in [-0.3, -0.25) is 9.59 Å². The Morgan fingerprint density at radius 1 is 1.35 bits per heavy atom. The van der Waals surface area contributed by atoms with Crippen molar-refractivity contribution in [3.8, 4) is 5.75 Å². The van der Waals surface area contributed by atoms with Gasteiger partial charge in [-0.2, -0.15) is 0 Å². The molecule has 0 aromatic heterocycles. The molecule has 1 aromatic rings. The van der Waals surface area contributed by atoms with Gasteiger partial charge >= 0.3 is 0 Å². The van der Waals surface area contributed by atoms with Gasteiger partial charge in [-0.15, -0.1) is 0 Å². The molecule has 1 aliphatic rings. The molecule has 108 valence electrons. The zero-order chi connectivity index (χ0) is 14.7. The van der Waals surface area contributed by atoms with Crippen LogP contribution in [0, 0.1) is 5.92 Å². The minimum atomic E-state index is -0.149. The number of carbonyl (C=O) groups is 2. The third kappa shape index (κ3) is 3.42. The number of hydrogen-bond donors (Lipinski definition) is 2. The molecule has 1 fully saturated rings. The summed E-state index contributed by atoms with van der Waals surface area (Å²) in [5.74, 6) is -0.269. The molecule has 0 spiro atoms. The van der Waals surface area contributed by atoms with Crippen molar-refractivity contribution in [3.05, 3.63) is 23.2 Å². The van der Waals surface area contributed by atoms with Gasteiger partial charge in [0.05, 0.1) is 5.69 Å². The topological polar surface area (TPSA) is 69.6 Å². The molecule has 2 N–H and O–H groups in total. The summed E-state index contributed by atoms with van der Waals surface area (Å²) in [6.45, 7) is 2.72. The van der Waals surface area contributed by atoms with E-state index in [0.29, 0.717) is 36.6 Å². The minimum absolute atomic E-state index is 0.0103. The average molecular weight is 297 g/mol. The van der Waals surface area contributed by atoms with Crippen LogP contribution in [0.15, 0.2) is 18.2 Å². The molecule has 1 aromatic carbocycles. The number of likely N-dealkylation sites (tertiary alicyclic amines) is 1. The normalized spacial score (nSPS) is 16.0. The standard InChI is InChI=1S/C14H17ClN2O3/c1-9(18)17-6-4-10(5-7-17)14(20)16-12-8-11(15)2-3-13(12)19/h2-3,8,10,19H,4-7H2,1H3,(H,16,20). The molecule has 20 heavy (non-hydrogen) atoms. The number of rotatable bonds is 2. The Morgan fingerprint density at radius 3 is 2.60 bits per heavy atom. The number of halogens is 1. The number of nitrogens with zero attached hydrogens (tertiary/aromatic N) is 1. The van der Waals surface area contributed by atoms with Crippen molar-refractivity contribution < 1.29 is 14.7 Å². The van der Waals surface area contributed by atoms with Crippen LogP contribution in [-0.2, 0) is 9.59 Å². The summed E-state index contributed by atoms with van der Waals surface area (Å²) in [5.41, 5.74) is 0.316. The lowest BCUT2D eigenvalue weighted by atomic mass is 9.96. The summed E-state index contributed by atoms with van der Waals surface area (Å²) in [5, 5.41) is 12.8. The average Bonchev–Trinajstić information content (AvgIpc) is 2.43. The van der Waals surface area contributed by atoms with Gasteiger partial charge in [0.25, 0.3) is 0 Å². The van der Waals surface area contributed by atoms with Crippen molar-refractivity contribution in [2.45, 2.75) is 19.8 Å². The predicted octanol–water partition coefficient (Wildman–Crippen LogP) is 2.24. The molecule has 1 heterocycles. The zero-order valence-corrected chi connectivity index (χ0v) is 12.0. The van der Waals surface area contributed by atoms with E-state index in [2.05, 4.69) is 5.32 Å². The van der Waals surface area contributed by atoms with E-state index in [-0.39, 0.29) is 23.5 Å². The molecule has 0 unspecified atom stereocenters. The van der Waals surface area contributed by atoms with E-state index < -0.39 is 0 Å². The van der Waals surface area contributed by atoms with Crippen LogP contribution in [0.5, 0.6) is 5.75 Å². The minimum Gasteiger partial charge on any atom is -0.506 e. The Labute approximate surface area is 122 Å². The summed E-state index contributed by atoms with van der Waals surface area (Å²) in [6, 6.07) is 4.51. The second-order valence-electron chi connectivity index (χ2n) is 4.93. The van der Waals surface area contributed by atoms with Gasteiger partial charge in [0.1, 0.15) is 5.75 Å². The fraction of sp³-hybridized carbons (Fsp3) is 0.429. The highest BCUT2D eigenvalue weighted by atomic mass is 35.5. The predicted molar refractivity (Wildman–Crippen MR) is 76.7 cm³/mol.